The molecule has 2 aromatic heterocycles. The van der Waals surface area contributed by atoms with Gasteiger partial charge in [-0.05, 0) is 30.2 Å². The van der Waals surface area contributed by atoms with E-state index >= 15 is 0 Å². The Morgan fingerprint density at radius 2 is 2.00 bits per heavy atom. The second-order valence-electron chi connectivity index (χ2n) is 5.50. The second-order valence-corrected chi connectivity index (χ2v) is 5.50. The van der Waals surface area contributed by atoms with Crippen molar-refractivity contribution in [3.05, 3.63) is 58.3 Å². The number of nitrogen functional groups attached to an aromatic ring is 1. The van der Waals surface area contributed by atoms with Crippen molar-refractivity contribution in [3.8, 4) is 0 Å². The quantitative estimate of drug-likeness (QED) is 0.711. The number of aromatic nitrogens is 3. The first-order chi connectivity index (χ1) is 10.7. The van der Waals surface area contributed by atoms with E-state index in [1.165, 1.54) is 0 Å². The summed E-state index contributed by atoms with van der Waals surface area (Å²) in [6.45, 7) is 2.78. The lowest BCUT2D eigenvalue weighted by molar-refractivity contribution is 0.688. The van der Waals surface area contributed by atoms with Crippen LogP contribution < -0.4 is 11.3 Å². The number of fused-ring (bicyclic) bond motifs is 1. The third-order valence-electron chi connectivity index (χ3n) is 3.82. The third-order valence-corrected chi connectivity index (χ3v) is 3.82. The zero-order valence-corrected chi connectivity index (χ0v) is 12.7. The van der Waals surface area contributed by atoms with Crippen molar-refractivity contribution >= 4 is 16.7 Å². The second kappa shape index (κ2) is 6.05. The predicted octanol–water partition coefficient (Wildman–Crippen LogP) is 2.70. The topological polar surface area (TPSA) is 76.7 Å². The Morgan fingerprint density at radius 3 is 2.73 bits per heavy atom. The summed E-state index contributed by atoms with van der Waals surface area (Å²) in [5.41, 5.74) is 8.89. The van der Waals surface area contributed by atoms with E-state index in [0.717, 1.165) is 41.9 Å². The molecule has 0 spiro atoms. The van der Waals surface area contributed by atoms with E-state index in [9.17, 15) is 4.79 Å². The Bertz CT molecular complexity index is 830. The van der Waals surface area contributed by atoms with Crippen molar-refractivity contribution in [1.29, 1.82) is 0 Å². The average Bonchev–Trinajstić information content (AvgIpc) is 2.86. The van der Waals surface area contributed by atoms with Crippen LogP contribution in [0.3, 0.4) is 0 Å². The molecular weight excluding hydrogens is 276 g/mol. The number of hydrogen-bond donors (Lipinski definition) is 2. The largest absolute Gasteiger partial charge is 0.399 e. The van der Waals surface area contributed by atoms with Crippen molar-refractivity contribution in [1.82, 2.24) is 14.5 Å². The molecule has 0 atom stereocenters. The lowest BCUT2D eigenvalue weighted by atomic mass is 10.2. The normalized spacial score (nSPS) is 11.1. The van der Waals surface area contributed by atoms with Crippen LogP contribution in [0.2, 0.25) is 0 Å². The van der Waals surface area contributed by atoms with Gasteiger partial charge in [-0.25, -0.2) is 4.98 Å². The van der Waals surface area contributed by atoms with E-state index in [1.807, 2.05) is 34.9 Å². The molecule has 0 fully saturated rings. The number of aryl methyl sites for hydroxylation is 1. The summed E-state index contributed by atoms with van der Waals surface area (Å²) in [4.78, 5) is 19.6. The average molecular weight is 296 g/mol. The highest BCUT2D eigenvalue weighted by atomic mass is 16.1. The fourth-order valence-corrected chi connectivity index (χ4v) is 2.64. The zero-order valence-electron chi connectivity index (χ0n) is 12.7. The molecule has 0 bridgehead atoms. The highest BCUT2D eigenvalue weighted by molar-refractivity contribution is 5.74. The van der Waals surface area contributed by atoms with E-state index in [0.29, 0.717) is 12.1 Å². The van der Waals surface area contributed by atoms with Crippen LogP contribution in [0.4, 0.5) is 5.69 Å². The Hall–Kier alpha value is -2.56. The van der Waals surface area contributed by atoms with Gasteiger partial charge in [-0.3, -0.25) is 4.79 Å². The number of rotatable bonds is 5. The molecule has 3 aromatic rings. The van der Waals surface area contributed by atoms with Crippen molar-refractivity contribution in [2.24, 2.45) is 0 Å². The van der Waals surface area contributed by atoms with Crippen molar-refractivity contribution in [3.63, 3.8) is 0 Å². The van der Waals surface area contributed by atoms with E-state index in [2.05, 4.69) is 16.9 Å². The van der Waals surface area contributed by atoms with Gasteiger partial charge in [0, 0.05) is 24.8 Å². The summed E-state index contributed by atoms with van der Waals surface area (Å²) in [5, 5.41) is 0. The molecule has 3 rings (SSSR count). The van der Waals surface area contributed by atoms with Gasteiger partial charge in [0.1, 0.15) is 11.3 Å². The van der Waals surface area contributed by atoms with Crippen LogP contribution >= 0.6 is 0 Å². The molecule has 3 N–H and O–H groups in total. The maximum absolute atomic E-state index is 12.2. The number of nitrogens with zero attached hydrogens (tertiary/aromatic N) is 2. The number of nitrogens with two attached hydrogens (primary N) is 1. The van der Waals surface area contributed by atoms with Crippen LogP contribution in [0.5, 0.6) is 0 Å². The molecule has 2 heterocycles. The van der Waals surface area contributed by atoms with E-state index in [1.54, 1.807) is 6.20 Å². The van der Waals surface area contributed by atoms with Crippen molar-refractivity contribution in [2.45, 2.75) is 32.7 Å². The van der Waals surface area contributed by atoms with Crippen LogP contribution in [0.25, 0.3) is 11.0 Å². The van der Waals surface area contributed by atoms with Gasteiger partial charge < -0.3 is 15.3 Å². The molecule has 114 valence electrons. The minimum Gasteiger partial charge on any atom is -0.399 e. The first kappa shape index (κ1) is 14.4. The molecule has 0 aliphatic carbocycles. The van der Waals surface area contributed by atoms with Gasteiger partial charge >= 0.3 is 0 Å². The van der Waals surface area contributed by atoms with Crippen LogP contribution in [0.1, 0.15) is 31.2 Å². The summed E-state index contributed by atoms with van der Waals surface area (Å²) in [7, 11) is 0. The first-order valence-electron chi connectivity index (χ1n) is 7.60. The molecule has 0 aliphatic rings. The van der Waals surface area contributed by atoms with E-state index < -0.39 is 0 Å². The van der Waals surface area contributed by atoms with Crippen LogP contribution in [-0.4, -0.2) is 14.5 Å². The molecular formula is C17H20N4O. The van der Waals surface area contributed by atoms with Crippen LogP contribution in [-0.2, 0) is 13.0 Å². The summed E-state index contributed by atoms with van der Waals surface area (Å²) >= 11 is 0. The summed E-state index contributed by atoms with van der Waals surface area (Å²) in [5.74, 6) is 0.963. The molecule has 5 heteroatoms. The smallest absolute Gasteiger partial charge is 0.274 e. The number of pyridine rings is 1. The molecule has 1 aromatic carbocycles. The fraction of sp³-hybridized carbons (Fsp3) is 0.294. The molecule has 0 saturated heterocycles. The maximum Gasteiger partial charge on any atom is 0.274 e. The summed E-state index contributed by atoms with van der Waals surface area (Å²) < 4.78 is 2.02. The number of unbranched alkanes of at least 4 members (excludes halogenated alkanes) is 1. The van der Waals surface area contributed by atoms with Crippen LogP contribution in [0, 0.1) is 0 Å². The monoisotopic (exact) mass is 296 g/mol. The van der Waals surface area contributed by atoms with Gasteiger partial charge in [0.25, 0.3) is 5.56 Å². The minimum absolute atomic E-state index is 0.0943. The Balaban J connectivity index is 2.08. The number of hydrogen-bond acceptors (Lipinski definition) is 3. The van der Waals surface area contributed by atoms with Gasteiger partial charge in [0.05, 0.1) is 5.52 Å². The molecule has 22 heavy (non-hydrogen) atoms. The van der Waals surface area contributed by atoms with Crippen molar-refractivity contribution in [2.75, 3.05) is 5.73 Å². The predicted molar refractivity (Wildman–Crippen MR) is 88.9 cm³/mol. The molecule has 0 unspecified atom stereocenters. The Morgan fingerprint density at radius 1 is 1.23 bits per heavy atom. The van der Waals surface area contributed by atoms with Crippen molar-refractivity contribution < 1.29 is 0 Å². The molecule has 0 amide bonds. The minimum atomic E-state index is -0.0943. The van der Waals surface area contributed by atoms with Gasteiger partial charge in [-0.1, -0.05) is 25.5 Å². The third kappa shape index (κ3) is 2.74. The lowest BCUT2D eigenvalue weighted by Crippen LogP contribution is -2.13. The number of anilines is 1. The Kier molecular flexibility index (Phi) is 3.96. The first-order valence-corrected chi connectivity index (χ1v) is 7.60. The number of benzene rings is 1. The number of nitrogens with one attached hydrogen (secondary N) is 1. The highest BCUT2D eigenvalue weighted by Crippen LogP contribution is 2.17. The highest BCUT2D eigenvalue weighted by Gasteiger charge is 2.13. The van der Waals surface area contributed by atoms with Gasteiger partial charge in [-0.15, -0.1) is 0 Å². The zero-order chi connectivity index (χ0) is 15.5. The van der Waals surface area contributed by atoms with E-state index in [4.69, 9.17) is 5.73 Å². The molecule has 5 nitrogen and oxygen atoms in total. The van der Waals surface area contributed by atoms with Gasteiger partial charge in [0.15, 0.2) is 0 Å². The van der Waals surface area contributed by atoms with Gasteiger partial charge in [0.2, 0.25) is 0 Å². The number of imidazole rings is 1. The van der Waals surface area contributed by atoms with Gasteiger partial charge in [-0.2, -0.15) is 0 Å². The maximum atomic E-state index is 12.2. The lowest BCUT2D eigenvalue weighted by Gasteiger charge is -2.09. The molecule has 0 saturated carbocycles. The van der Waals surface area contributed by atoms with Crippen LogP contribution in [0.15, 0.2) is 41.3 Å². The summed E-state index contributed by atoms with van der Waals surface area (Å²) in [6, 6.07) is 9.59. The molecule has 0 aliphatic heterocycles. The Labute approximate surface area is 128 Å². The SMILES string of the molecule is CCCCc1nc2cc[nH]c(=O)c2n1Cc1ccc(N)cc1. The standard InChI is InChI=1S/C17H20N4O/c1-2-3-4-15-20-14-9-10-19-17(22)16(14)21(15)11-12-5-7-13(18)8-6-12/h5-10H,2-4,11,18H2,1H3,(H,19,22). The van der Waals surface area contributed by atoms with E-state index in [-0.39, 0.29) is 5.56 Å². The number of H-pyrrole nitrogens is 1. The fourth-order valence-electron chi connectivity index (χ4n) is 2.64. The molecule has 0 radical (unpaired) electrons. The number of aromatic amines is 1. The summed E-state index contributed by atoms with van der Waals surface area (Å²) in [6.07, 6.45) is 4.68.